The summed E-state index contributed by atoms with van der Waals surface area (Å²) in [5.74, 6) is -0.123. The van der Waals surface area contributed by atoms with Crippen LogP contribution in [-0.2, 0) is 27.7 Å². The van der Waals surface area contributed by atoms with E-state index in [2.05, 4.69) is 15.4 Å². The Morgan fingerprint density at radius 3 is 2.72 bits per heavy atom. The fraction of sp³-hybridized carbons (Fsp3) is 0.611. The molecule has 1 fully saturated rings. The second-order valence-electron chi connectivity index (χ2n) is 6.88. The Hall–Kier alpha value is -1.44. The van der Waals surface area contributed by atoms with Crippen LogP contribution in [0.4, 0.5) is 0 Å². The number of amides is 1. The van der Waals surface area contributed by atoms with E-state index < -0.39 is 10.0 Å². The van der Waals surface area contributed by atoms with Crippen LogP contribution >= 0.6 is 0 Å². The van der Waals surface area contributed by atoms with E-state index in [0.717, 1.165) is 44.2 Å². The molecule has 2 aliphatic rings. The van der Waals surface area contributed by atoms with Crippen LogP contribution < -0.4 is 15.4 Å². The quantitative estimate of drug-likeness (QED) is 0.675. The molecule has 1 aliphatic heterocycles. The van der Waals surface area contributed by atoms with Gasteiger partial charge in [-0.05, 0) is 68.3 Å². The van der Waals surface area contributed by atoms with Crippen molar-refractivity contribution in [2.45, 2.75) is 55.9 Å². The number of carbonyl (C=O) groups is 1. The van der Waals surface area contributed by atoms with E-state index in [1.54, 1.807) is 12.1 Å². The van der Waals surface area contributed by atoms with Crippen molar-refractivity contribution < 1.29 is 13.2 Å². The van der Waals surface area contributed by atoms with Gasteiger partial charge in [0.1, 0.15) is 0 Å². The van der Waals surface area contributed by atoms with E-state index in [1.165, 1.54) is 12.0 Å². The highest BCUT2D eigenvalue weighted by Crippen LogP contribution is 2.23. The number of rotatable bonds is 7. The Bertz CT molecular complexity index is 712. The van der Waals surface area contributed by atoms with Crippen LogP contribution in [0.5, 0.6) is 0 Å². The van der Waals surface area contributed by atoms with Gasteiger partial charge in [0.2, 0.25) is 15.9 Å². The van der Waals surface area contributed by atoms with Crippen molar-refractivity contribution in [2.24, 2.45) is 0 Å². The van der Waals surface area contributed by atoms with Crippen LogP contribution in [0.1, 0.15) is 43.2 Å². The molecule has 1 aliphatic carbocycles. The SMILES string of the molecule is O=C(CCNS(=O)(=O)c1ccc2c(c1)CCCC2)NCC1CCCN1. The number of hydrogen-bond donors (Lipinski definition) is 3. The first-order valence-electron chi connectivity index (χ1n) is 9.16. The van der Waals surface area contributed by atoms with Crippen LogP contribution in [0.15, 0.2) is 23.1 Å². The van der Waals surface area contributed by atoms with E-state index >= 15 is 0 Å². The first kappa shape index (κ1) is 18.4. The molecule has 1 amide bonds. The highest BCUT2D eigenvalue weighted by atomic mass is 32.2. The third-order valence-electron chi connectivity index (χ3n) is 4.98. The average Bonchev–Trinajstić information content (AvgIpc) is 3.13. The van der Waals surface area contributed by atoms with Gasteiger partial charge in [-0.2, -0.15) is 0 Å². The minimum absolute atomic E-state index is 0.114. The van der Waals surface area contributed by atoms with Gasteiger partial charge >= 0.3 is 0 Å². The molecular weight excluding hydrogens is 338 g/mol. The van der Waals surface area contributed by atoms with Gasteiger partial charge in [-0.15, -0.1) is 0 Å². The van der Waals surface area contributed by atoms with Crippen molar-refractivity contribution in [2.75, 3.05) is 19.6 Å². The van der Waals surface area contributed by atoms with Crippen LogP contribution in [0.3, 0.4) is 0 Å². The van der Waals surface area contributed by atoms with Crippen LogP contribution in [-0.4, -0.2) is 40.0 Å². The smallest absolute Gasteiger partial charge is 0.240 e. The summed E-state index contributed by atoms with van der Waals surface area (Å²) >= 11 is 0. The van der Waals surface area contributed by atoms with Crippen LogP contribution in [0.2, 0.25) is 0 Å². The summed E-state index contributed by atoms with van der Waals surface area (Å²) in [5.41, 5.74) is 2.39. The molecule has 1 aromatic carbocycles. The normalized spacial score (nSPS) is 20.2. The van der Waals surface area contributed by atoms with E-state index in [9.17, 15) is 13.2 Å². The van der Waals surface area contributed by atoms with Crippen molar-refractivity contribution in [1.82, 2.24) is 15.4 Å². The average molecular weight is 365 g/mol. The molecule has 6 nitrogen and oxygen atoms in total. The molecule has 25 heavy (non-hydrogen) atoms. The van der Waals surface area contributed by atoms with Crippen LogP contribution in [0, 0.1) is 0 Å². The Labute approximate surface area is 149 Å². The summed E-state index contributed by atoms with van der Waals surface area (Å²) in [7, 11) is -3.56. The molecule has 1 heterocycles. The summed E-state index contributed by atoms with van der Waals surface area (Å²) in [6.07, 6.45) is 6.61. The summed E-state index contributed by atoms with van der Waals surface area (Å²) in [6.45, 7) is 1.72. The molecule has 1 unspecified atom stereocenters. The Morgan fingerprint density at radius 2 is 1.96 bits per heavy atom. The minimum atomic E-state index is -3.56. The second kappa shape index (κ2) is 8.29. The maximum Gasteiger partial charge on any atom is 0.240 e. The molecule has 0 saturated carbocycles. The summed E-state index contributed by atoms with van der Waals surface area (Å²) in [5, 5.41) is 6.17. The second-order valence-corrected chi connectivity index (χ2v) is 8.65. The minimum Gasteiger partial charge on any atom is -0.354 e. The molecule has 1 saturated heterocycles. The lowest BCUT2D eigenvalue weighted by atomic mass is 9.92. The first-order valence-corrected chi connectivity index (χ1v) is 10.6. The Kier molecular flexibility index (Phi) is 6.09. The molecule has 7 heteroatoms. The lowest BCUT2D eigenvalue weighted by Crippen LogP contribution is -2.38. The fourth-order valence-electron chi connectivity index (χ4n) is 3.52. The van der Waals surface area contributed by atoms with Gasteiger partial charge in [-0.1, -0.05) is 6.07 Å². The Balaban J connectivity index is 1.47. The molecule has 0 bridgehead atoms. The van der Waals surface area contributed by atoms with Gasteiger partial charge in [0.05, 0.1) is 4.90 Å². The zero-order valence-corrected chi connectivity index (χ0v) is 15.3. The predicted octanol–water partition coefficient (Wildman–Crippen LogP) is 1.10. The van der Waals surface area contributed by atoms with Gasteiger partial charge in [0.15, 0.2) is 0 Å². The summed E-state index contributed by atoms with van der Waals surface area (Å²) < 4.78 is 27.4. The number of aryl methyl sites for hydroxylation is 2. The van der Waals surface area contributed by atoms with Gasteiger partial charge in [-0.25, -0.2) is 13.1 Å². The number of fused-ring (bicyclic) bond motifs is 1. The lowest BCUT2D eigenvalue weighted by molar-refractivity contribution is -0.121. The predicted molar refractivity (Wildman–Crippen MR) is 96.9 cm³/mol. The van der Waals surface area contributed by atoms with Crippen LogP contribution in [0.25, 0.3) is 0 Å². The molecule has 0 spiro atoms. The molecule has 1 atom stereocenters. The highest BCUT2D eigenvalue weighted by Gasteiger charge is 2.18. The molecule has 1 aromatic rings. The number of sulfonamides is 1. The number of carbonyl (C=O) groups excluding carboxylic acids is 1. The highest BCUT2D eigenvalue weighted by molar-refractivity contribution is 7.89. The lowest BCUT2D eigenvalue weighted by Gasteiger charge is -2.17. The fourth-order valence-corrected chi connectivity index (χ4v) is 4.60. The molecular formula is C18H27N3O3S. The Morgan fingerprint density at radius 1 is 1.16 bits per heavy atom. The number of benzene rings is 1. The molecule has 3 rings (SSSR count). The molecule has 0 aromatic heterocycles. The third-order valence-corrected chi connectivity index (χ3v) is 6.44. The molecule has 0 radical (unpaired) electrons. The standard InChI is InChI=1S/C18H27N3O3S/c22-18(20-13-16-6-3-10-19-16)9-11-21-25(23,24)17-8-7-14-4-1-2-5-15(14)12-17/h7-8,12,16,19,21H,1-6,9-11,13H2,(H,20,22). The van der Waals surface area contributed by atoms with E-state index in [-0.39, 0.29) is 18.9 Å². The van der Waals surface area contributed by atoms with Gasteiger partial charge in [-0.3, -0.25) is 4.79 Å². The van der Waals surface area contributed by atoms with E-state index in [1.807, 2.05) is 6.07 Å². The van der Waals surface area contributed by atoms with Crippen molar-refractivity contribution >= 4 is 15.9 Å². The summed E-state index contributed by atoms with van der Waals surface area (Å²) in [6, 6.07) is 5.71. The van der Waals surface area contributed by atoms with Gasteiger partial charge in [0.25, 0.3) is 0 Å². The molecule has 138 valence electrons. The largest absolute Gasteiger partial charge is 0.354 e. The third kappa shape index (κ3) is 5.03. The maximum atomic E-state index is 12.4. The van der Waals surface area contributed by atoms with Gasteiger partial charge < -0.3 is 10.6 Å². The van der Waals surface area contributed by atoms with Crippen molar-refractivity contribution in [3.63, 3.8) is 0 Å². The zero-order valence-electron chi connectivity index (χ0n) is 14.5. The molecule has 3 N–H and O–H groups in total. The van der Waals surface area contributed by atoms with Crippen molar-refractivity contribution in [1.29, 1.82) is 0 Å². The van der Waals surface area contributed by atoms with Crippen molar-refractivity contribution in [3.8, 4) is 0 Å². The van der Waals surface area contributed by atoms with E-state index in [4.69, 9.17) is 0 Å². The maximum absolute atomic E-state index is 12.4. The van der Waals surface area contributed by atoms with E-state index in [0.29, 0.717) is 17.5 Å². The summed E-state index contributed by atoms with van der Waals surface area (Å²) in [4.78, 5) is 12.1. The topological polar surface area (TPSA) is 87.3 Å². The zero-order chi connectivity index (χ0) is 17.7. The van der Waals surface area contributed by atoms with Gasteiger partial charge in [0, 0.05) is 25.6 Å². The van der Waals surface area contributed by atoms with Crippen molar-refractivity contribution in [3.05, 3.63) is 29.3 Å². The monoisotopic (exact) mass is 365 g/mol. The number of nitrogens with one attached hydrogen (secondary N) is 3. The number of hydrogen-bond acceptors (Lipinski definition) is 4. The first-order chi connectivity index (χ1) is 12.0.